The molecule has 174 valence electrons. The Hall–Kier alpha value is -1.69. The first-order valence-electron chi connectivity index (χ1n) is 10.1. The van der Waals surface area contributed by atoms with Gasteiger partial charge in [0, 0.05) is 40.3 Å². The lowest BCUT2D eigenvalue weighted by Gasteiger charge is -2.27. The van der Waals surface area contributed by atoms with E-state index in [0.717, 1.165) is 6.07 Å². The molecular weight excluding hydrogens is 443 g/mol. The van der Waals surface area contributed by atoms with E-state index in [1.807, 2.05) is 11.2 Å². The van der Waals surface area contributed by atoms with Gasteiger partial charge in [0.25, 0.3) is 0 Å². The normalized spacial score (nSPS) is 16.6. The fraction of sp³-hybridized carbons (Fsp3) is 0.600. The van der Waals surface area contributed by atoms with Crippen LogP contribution in [-0.2, 0) is 19.6 Å². The lowest BCUT2D eigenvalue weighted by molar-refractivity contribution is -0.132. The van der Waals surface area contributed by atoms with Crippen molar-refractivity contribution >= 4 is 33.6 Å². The van der Waals surface area contributed by atoms with E-state index in [9.17, 15) is 22.4 Å². The number of likely N-dealkylation sites (N-methyl/N-ethyl adjacent to an activating group) is 1. The molecule has 2 rings (SSSR count). The van der Waals surface area contributed by atoms with Crippen molar-refractivity contribution in [1.29, 1.82) is 0 Å². The van der Waals surface area contributed by atoms with Gasteiger partial charge >= 0.3 is 0 Å². The highest BCUT2D eigenvalue weighted by molar-refractivity contribution is 7.98. The average molecular weight is 475 g/mol. The first kappa shape index (κ1) is 25.6. The molecule has 1 aromatic carbocycles. The van der Waals surface area contributed by atoms with Crippen LogP contribution >= 0.6 is 11.8 Å². The maximum Gasteiger partial charge on any atom is 0.244 e. The molecule has 0 spiro atoms. The molecule has 1 saturated heterocycles. The first-order valence-corrected chi connectivity index (χ1v) is 13.0. The summed E-state index contributed by atoms with van der Waals surface area (Å²) in [5.41, 5.74) is 0. The van der Waals surface area contributed by atoms with Gasteiger partial charge in [0.1, 0.15) is 16.8 Å². The van der Waals surface area contributed by atoms with Crippen LogP contribution < -0.4 is 4.72 Å². The number of rotatable bonds is 9. The van der Waals surface area contributed by atoms with E-state index in [0.29, 0.717) is 44.8 Å². The third-order valence-corrected chi connectivity index (χ3v) is 7.24. The molecular formula is C20H31FN4O4S2. The van der Waals surface area contributed by atoms with Crippen molar-refractivity contribution in [3.63, 3.8) is 0 Å². The van der Waals surface area contributed by atoms with Gasteiger partial charge in [-0.3, -0.25) is 14.5 Å². The highest BCUT2D eigenvalue weighted by atomic mass is 32.2. The number of hydrogen-bond acceptors (Lipinski definition) is 6. The Morgan fingerprint density at radius 2 is 1.90 bits per heavy atom. The summed E-state index contributed by atoms with van der Waals surface area (Å²) < 4.78 is 41.9. The first-order chi connectivity index (χ1) is 14.7. The van der Waals surface area contributed by atoms with Crippen molar-refractivity contribution in [2.45, 2.75) is 23.8 Å². The highest BCUT2D eigenvalue weighted by Crippen LogP contribution is 2.16. The van der Waals surface area contributed by atoms with Crippen LogP contribution in [-0.4, -0.2) is 99.8 Å². The minimum atomic E-state index is -4.19. The highest BCUT2D eigenvalue weighted by Gasteiger charge is 2.31. The summed E-state index contributed by atoms with van der Waals surface area (Å²) in [6, 6.07) is 4.13. The van der Waals surface area contributed by atoms with E-state index in [1.165, 1.54) is 34.9 Å². The SMILES string of the molecule is CSCCC(NS(=O)(=O)c1ccccc1F)C(=O)N1CCCN(CC(=O)N(C)C)CC1. The number of hydrogen-bond donors (Lipinski definition) is 1. The van der Waals surface area contributed by atoms with Gasteiger partial charge < -0.3 is 9.80 Å². The summed E-state index contributed by atoms with van der Waals surface area (Å²) in [5, 5.41) is 0. The molecule has 2 amide bonds. The van der Waals surface area contributed by atoms with Crippen LogP contribution in [0.5, 0.6) is 0 Å². The Balaban J connectivity index is 2.10. The molecule has 1 unspecified atom stereocenters. The molecule has 0 aromatic heterocycles. The molecule has 1 aromatic rings. The van der Waals surface area contributed by atoms with Crippen molar-refractivity contribution < 1.29 is 22.4 Å². The van der Waals surface area contributed by atoms with Gasteiger partial charge in [-0.15, -0.1) is 0 Å². The van der Waals surface area contributed by atoms with E-state index >= 15 is 0 Å². The zero-order valence-corrected chi connectivity index (χ0v) is 19.8. The number of nitrogens with zero attached hydrogens (tertiary/aromatic N) is 3. The molecule has 0 saturated carbocycles. The number of carbonyl (C=O) groups excluding carboxylic acids is 2. The molecule has 31 heavy (non-hydrogen) atoms. The fourth-order valence-corrected chi connectivity index (χ4v) is 5.06. The van der Waals surface area contributed by atoms with Gasteiger partial charge in [-0.25, -0.2) is 12.8 Å². The van der Waals surface area contributed by atoms with Crippen molar-refractivity contribution in [2.75, 3.05) is 58.8 Å². The largest absolute Gasteiger partial charge is 0.348 e. The van der Waals surface area contributed by atoms with Crippen LogP contribution in [0.25, 0.3) is 0 Å². The topological polar surface area (TPSA) is 90.0 Å². The second-order valence-electron chi connectivity index (χ2n) is 7.63. The Morgan fingerprint density at radius 1 is 1.19 bits per heavy atom. The lowest BCUT2D eigenvalue weighted by Crippen LogP contribution is -2.50. The van der Waals surface area contributed by atoms with Gasteiger partial charge in [-0.2, -0.15) is 16.5 Å². The van der Waals surface area contributed by atoms with Crippen LogP contribution in [0.2, 0.25) is 0 Å². The number of halogens is 1. The predicted octanol–water partition coefficient (Wildman–Crippen LogP) is 0.848. The molecule has 1 aliphatic heterocycles. The monoisotopic (exact) mass is 474 g/mol. The molecule has 1 heterocycles. The Bertz CT molecular complexity index is 866. The van der Waals surface area contributed by atoms with E-state index in [-0.39, 0.29) is 18.4 Å². The summed E-state index contributed by atoms with van der Waals surface area (Å²) in [7, 11) is -0.787. The molecule has 0 bridgehead atoms. The summed E-state index contributed by atoms with van der Waals surface area (Å²) in [6.45, 7) is 2.37. The van der Waals surface area contributed by atoms with Gasteiger partial charge in [0.2, 0.25) is 21.8 Å². The smallest absolute Gasteiger partial charge is 0.244 e. The number of benzene rings is 1. The molecule has 0 aliphatic carbocycles. The summed E-state index contributed by atoms with van der Waals surface area (Å²) in [4.78, 5) is 29.9. The fourth-order valence-electron chi connectivity index (χ4n) is 3.28. The standard InChI is InChI=1S/C20H31FN4O4S2/c1-23(2)19(26)15-24-10-6-11-25(13-12-24)20(27)17(9-14-30-3)22-31(28,29)18-8-5-4-7-16(18)21/h4-5,7-8,17,22H,6,9-15H2,1-3H3. The molecule has 1 atom stereocenters. The molecule has 0 radical (unpaired) electrons. The van der Waals surface area contributed by atoms with Crippen LogP contribution in [0.15, 0.2) is 29.2 Å². The molecule has 8 nitrogen and oxygen atoms in total. The zero-order chi connectivity index (χ0) is 23.0. The van der Waals surface area contributed by atoms with Crippen molar-refractivity contribution in [1.82, 2.24) is 19.4 Å². The van der Waals surface area contributed by atoms with E-state index in [2.05, 4.69) is 4.72 Å². The van der Waals surface area contributed by atoms with Crippen molar-refractivity contribution in [3.05, 3.63) is 30.1 Å². The van der Waals surface area contributed by atoms with Gasteiger partial charge in [0.15, 0.2) is 0 Å². The molecule has 1 N–H and O–H groups in total. The molecule has 1 fully saturated rings. The van der Waals surface area contributed by atoms with Crippen LogP contribution in [0, 0.1) is 5.82 Å². The van der Waals surface area contributed by atoms with E-state index in [4.69, 9.17) is 0 Å². The Morgan fingerprint density at radius 3 is 2.55 bits per heavy atom. The number of sulfonamides is 1. The third kappa shape index (κ3) is 7.44. The number of nitrogens with one attached hydrogen (secondary N) is 1. The molecule has 11 heteroatoms. The quantitative estimate of drug-likeness (QED) is 0.571. The maximum atomic E-state index is 14.0. The van der Waals surface area contributed by atoms with Crippen LogP contribution in [0.1, 0.15) is 12.8 Å². The average Bonchev–Trinajstić information content (AvgIpc) is 2.96. The Labute approximate surface area is 188 Å². The summed E-state index contributed by atoms with van der Waals surface area (Å²) >= 11 is 1.50. The summed E-state index contributed by atoms with van der Waals surface area (Å²) in [6.07, 6.45) is 2.85. The van der Waals surface area contributed by atoms with Crippen LogP contribution in [0.4, 0.5) is 4.39 Å². The minimum Gasteiger partial charge on any atom is -0.348 e. The number of amides is 2. The van der Waals surface area contributed by atoms with Gasteiger partial charge in [0.05, 0.1) is 6.54 Å². The van der Waals surface area contributed by atoms with Crippen molar-refractivity contribution in [2.24, 2.45) is 0 Å². The van der Waals surface area contributed by atoms with E-state index in [1.54, 1.807) is 19.0 Å². The third-order valence-electron chi connectivity index (χ3n) is 5.09. The van der Waals surface area contributed by atoms with Crippen molar-refractivity contribution in [3.8, 4) is 0 Å². The second-order valence-corrected chi connectivity index (χ2v) is 10.3. The van der Waals surface area contributed by atoms with Gasteiger partial charge in [-0.05, 0) is 37.0 Å². The van der Waals surface area contributed by atoms with E-state index < -0.39 is 26.8 Å². The second kappa shape index (κ2) is 11.8. The zero-order valence-electron chi connectivity index (χ0n) is 18.2. The van der Waals surface area contributed by atoms with Crippen LogP contribution in [0.3, 0.4) is 0 Å². The lowest BCUT2D eigenvalue weighted by atomic mass is 10.2. The maximum absolute atomic E-state index is 14.0. The van der Waals surface area contributed by atoms with Gasteiger partial charge in [-0.1, -0.05) is 12.1 Å². The summed E-state index contributed by atoms with van der Waals surface area (Å²) in [5.74, 6) is -0.611. The number of thioether (sulfide) groups is 1. The Kier molecular flexibility index (Phi) is 9.73. The molecule has 1 aliphatic rings. The minimum absolute atomic E-state index is 0.00438. The predicted molar refractivity (Wildman–Crippen MR) is 120 cm³/mol. The number of carbonyl (C=O) groups is 2.